The lowest BCUT2D eigenvalue weighted by Gasteiger charge is -2.31. The highest BCUT2D eigenvalue weighted by Crippen LogP contribution is 2.19. The lowest BCUT2D eigenvalue weighted by Crippen LogP contribution is -2.41. The second kappa shape index (κ2) is 11.1. The van der Waals surface area contributed by atoms with Crippen molar-refractivity contribution in [3.05, 3.63) is 29.8 Å². The highest BCUT2D eigenvalue weighted by molar-refractivity contribution is 5.78. The minimum Gasteiger partial charge on any atom is -0.494 e. The molecule has 1 aliphatic heterocycles. The van der Waals surface area contributed by atoms with Crippen LogP contribution in [-0.4, -0.2) is 50.6 Å². The number of benzene rings is 1. The maximum absolute atomic E-state index is 12.2. The van der Waals surface area contributed by atoms with Crippen LogP contribution in [0.1, 0.15) is 38.2 Å². The van der Waals surface area contributed by atoms with Crippen molar-refractivity contribution < 1.29 is 9.53 Å². The fourth-order valence-electron chi connectivity index (χ4n) is 3.16. The van der Waals surface area contributed by atoms with Gasteiger partial charge in [-0.2, -0.15) is 0 Å². The molecule has 5 heteroatoms. The summed E-state index contributed by atoms with van der Waals surface area (Å²) >= 11 is 0. The van der Waals surface area contributed by atoms with Gasteiger partial charge in [0.1, 0.15) is 5.75 Å². The Morgan fingerprint density at radius 2 is 1.96 bits per heavy atom. The van der Waals surface area contributed by atoms with Gasteiger partial charge in [0.2, 0.25) is 5.91 Å². The SMILES string of the molecule is CCCOc1ccc(CNC(=O)CN2CCC(CCNC)CC2)cc1. The summed E-state index contributed by atoms with van der Waals surface area (Å²) in [6.07, 6.45) is 4.65. The molecule has 0 unspecified atom stereocenters. The van der Waals surface area contributed by atoms with Gasteiger partial charge in [0.05, 0.1) is 13.2 Å². The van der Waals surface area contributed by atoms with Gasteiger partial charge in [0, 0.05) is 6.54 Å². The summed E-state index contributed by atoms with van der Waals surface area (Å²) in [4.78, 5) is 14.4. The first kappa shape index (κ1) is 19.7. The smallest absolute Gasteiger partial charge is 0.234 e. The van der Waals surface area contributed by atoms with Crippen LogP contribution >= 0.6 is 0 Å². The van der Waals surface area contributed by atoms with Gasteiger partial charge in [-0.05, 0) is 76.0 Å². The average molecular weight is 348 g/mol. The van der Waals surface area contributed by atoms with Crippen molar-refractivity contribution in [2.24, 2.45) is 5.92 Å². The summed E-state index contributed by atoms with van der Waals surface area (Å²) < 4.78 is 5.57. The number of hydrogen-bond acceptors (Lipinski definition) is 4. The van der Waals surface area contributed by atoms with Crippen LogP contribution < -0.4 is 15.4 Å². The van der Waals surface area contributed by atoms with Crippen LogP contribution in [0.2, 0.25) is 0 Å². The molecule has 2 N–H and O–H groups in total. The molecule has 1 aliphatic rings. The Morgan fingerprint density at radius 3 is 2.60 bits per heavy atom. The monoisotopic (exact) mass is 347 g/mol. The quantitative estimate of drug-likeness (QED) is 0.682. The van der Waals surface area contributed by atoms with E-state index in [1.807, 2.05) is 31.3 Å². The molecular formula is C20H33N3O2. The molecule has 1 amide bonds. The van der Waals surface area contributed by atoms with Gasteiger partial charge in [-0.3, -0.25) is 9.69 Å². The van der Waals surface area contributed by atoms with Crippen LogP contribution in [0.25, 0.3) is 0 Å². The largest absolute Gasteiger partial charge is 0.494 e. The van der Waals surface area contributed by atoms with Crippen molar-refractivity contribution in [1.82, 2.24) is 15.5 Å². The molecule has 0 bridgehead atoms. The summed E-state index contributed by atoms with van der Waals surface area (Å²) in [5, 5.41) is 6.24. The zero-order valence-corrected chi connectivity index (χ0v) is 15.7. The Hall–Kier alpha value is -1.59. The van der Waals surface area contributed by atoms with Crippen molar-refractivity contribution in [3.63, 3.8) is 0 Å². The van der Waals surface area contributed by atoms with Crippen LogP contribution in [-0.2, 0) is 11.3 Å². The molecule has 1 fully saturated rings. The van der Waals surface area contributed by atoms with Gasteiger partial charge >= 0.3 is 0 Å². The van der Waals surface area contributed by atoms with Gasteiger partial charge in [-0.25, -0.2) is 0 Å². The van der Waals surface area contributed by atoms with Crippen LogP contribution in [0.3, 0.4) is 0 Å². The van der Waals surface area contributed by atoms with Crippen LogP contribution in [0.4, 0.5) is 0 Å². The van der Waals surface area contributed by atoms with Crippen molar-refractivity contribution in [2.75, 3.05) is 39.8 Å². The van der Waals surface area contributed by atoms with Crippen molar-refractivity contribution >= 4 is 5.91 Å². The van der Waals surface area contributed by atoms with Gasteiger partial charge in [-0.15, -0.1) is 0 Å². The predicted octanol–water partition coefficient (Wildman–Crippen LogP) is 2.41. The number of nitrogens with zero attached hydrogens (tertiary/aromatic N) is 1. The molecule has 0 aliphatic carbocycles. The van der Waals surface area contributed by atoms with E-state index in [0.29, 0.717) is 13.1 Å². The van der Waals surface area contributed by atoms with Crippen molar-refractivity contribution in [2.45, 2.75) is 39.2 Å². The molecule has 140 valence electrons. The predicted molar refractivity (Wildman–Crippen MR) is 102 cm³/mol. The number of hydrogen-bond donors (Lipinski definition) is 2. The lowest BCUT2D eigenvalue weighted by molar-refractivity contribution is -0.122. The highest BCUT2D eigenvalue weighted by atomic mass is 16.5. The highest BCUT2D eigenvalue weighted by Gasteiger charge is 2.20. The number of carbonyl (C=O) groups is 1. The fourth-order valence-corrected chi connectivity index (χ4v) is 3.16. The molecule has 2 rings (SSSR count). The molecule has 1 heterocycles. The molecule has 5 nitrogen and oxygen atoms in total. The fraction of sp³-hybridized carbons (Fsp3) is 0.650. The Kier molecular flexibility index (Phi) is 8.77. The number of ether oxygens (including phenoxy) is 1. The summed E-state index contributed by atoms with van der Waals surface area (Å²) in [7, 11) is 2.01. The molecule has 1 saturated heterocycles. The van der Waals surface area contributed by atoms with E-state index < -0.39 is 0 Å². The molecular weight excluding hydrogens is 314 g/mol. The standard InChI is InChI=1S/C20H33N3O2/c1-3-14-25-19-6-4-18(5-7-19)15-22-20(24)16-23-12-9-17(10-13-23)8-11-21-2/h4-7,17,21H,3,8-16H2,1-2H3,(H,22,24). The first-order valence-corrected chi connectivity index (χ1v) is 9.56. The maximum Gasteiger partial charge on any atom is 0.234 e. The number of likely N-dealkylation sites (tertiary alicyclic amines) is 1. The third-order valence-electron chi connectivity index (χ3n) is 4.76. The van der Waals surface area contributed by atoms with E-state index in [4.69, 9.17) is 4.74 Å². The zero-order chi connectivity index (χ0) is 17.9. The first-order chi connectivity index (χ1) is 12.2. The molecule has 1 aromatic carbocycles. The van der Waals surface area contributed by atoms with E-state index in [0.717, 1.165) is 49.9 Å². The number of nitrogens with one attached hydrogen (secondary N) is 2. The summed E-state index contributed by atoms with van der Waals surface area (Å²) in [6, 6.07) is 7.96. The van der Waals surface area contributed by atoms with E-state index in [9.17, 15) is 4.79 Å². The van der Waals surface area contributed by atoms with E-state index in [1.54, 1.807) is 0 Å². The molecule has 1 aromatic rings. The molecule has 0 aromatic heterocycles. The van der Waals surface area contributed by atoms with Gasteiger partial charge in [0.15, 0.2) is 0 Å². The van der Waals surface area contributed by atoms with E-state index in [-0.39, 0.29) is 5.91 Å². The van der Waals surface area contributed by atoms with E-state index in [2.05, 4.69) is 22.5 Å². The Bertz CT molecular complexity index is 496. The molecule has 0 radical (unpaired) electrons. The normalized spacial score (nSPS) is 15.9. The van der Waals surface area contributed by atoms with Crippen molar-refractivity contribution in [1.29, 1.82) is 0 Å². The molecule has 25 heavy (non-hydrogen) atoms. The first-order valence-electron chi connectivity index (χ1n) is 9.56. The Morgan fingerprint density at radius 1 is 1.24 bits per heavy atom. The average Bonchev–Trinajstić information content (AvgIpc) is 2.65. The number of carbonyl (C=O) groups excluding carboxylic acids is 1. The van der Waals surface area contributed by atoms with Gasteiger partial charge in [-0.1, -0.05) is 19.1 Å². The second-order valence-electron chi connectivity index (χ2n) is 6.88. The summed E-state index contributed by atoms with van der Waals surface area (Å²) in [6.45, 7) is 7.07. The third kappa shape index (κ3) is 7.45. The lowest BCUT2D eigenvalue weighted by atomic mass is 9.93. The van der Waals surface area contributed by atoms with E-state index >= 15 is 0 Å². The van der Waals surface area contributed by atoms with Crippen molar-refractivity contribution in [3.8, 4) is 5.75 Å². The van der Waals surface area contributed by atoms with E-state index in [1.165, 1.54) is 19.3 Å². The maximum atomic E-state index is 12.2. The molecule has 0 atom stereocenters. The zero-order valence-electron chi connectivity index (χ0n) is 15.7. The third-order valence-corrected chi connectivity index (χ3v) is 4.76. The molecule has 0 saturated carbocycles. The molecule has 0 spiro atoms. The van der Waals surface area contributed by atoms with Crippen LogP contribution in [0, 0.1) is 5.92 Å². The van der Waals surface area contributed by atoms with Gasteiger partial charge < -0.3 is 15.4 Å². The minimum atomic E-state index is 0.111. The number of amides is 1. The van der Waals surface area contributed by atoms with Crippen LogP contribution in [0.15, 0.2) is 24.3 Å². The second-order valence-corrected chi connectivity index (χ2v) is 6.88. The number of piperidine rings is 1. The Balaban J connectivity index is 1.64. The van der Waals surface area contributed by atoms with Gasteiger partial charge in [0.25, 0.3) is 0 Å². The Labute approximate surface area is 152 Å². The topological polar surface area (TPSA) is 53.6 Å². The summed E-state index contributed by atoms with van der Waals surface area (Å²) in [5.74, 6) is 1.80. The summed E-state index contributed by atoms with van der Waals surface area (Å²) in [5.41, 5.74) is 1.10. The minimum absolute atomic E-state index is 0.111. The number of rotatable bonds is 10. The van der Waals surface area contributed by atoms with Crippen LogP contribution in [0.5, 0.6) is 5.75 Å².